The van der Waals surface area contributed by atoms with Gasteiger partial charge >= 0.3 is 15.2 Å². The molecule has 0 saturated carbocycles. The van der Waals surface area contributed by atoms with Crippen molar-refractivity contribution in [2.75, 3.05) is 12.5 Å². The van der Waals surface area contributed by atoms with Crippen LogP contribution in [0.4, 0.5) is 0 Å². The van der Waals surface area contributed by atoms with Crippen LogP contribution in [0.2, 0.25) is 5.28 Å². The van der Waals surface area contributed by atoms with Gasteiger partial charge in [0.1, 0.15) is 18.3 Å². The monoisotopic (exact) mass is 559 g/mol. The third-order valence-corrected chi connectivity index (χ3v) is 9.24. The van der Waals surface area contributed by atoms with Crippen LogP contribution in [0, 0.1) is 0 Å². The van der Waals surface area contributed by atoms with Crippen LogP contribution in [-0.2, 0) is 18.4 Å². The van der Waals surface area contributed by atoms with Crippen LogP contribution in [0.1, 0.15) is 6.23 Å². The third kappa shape index (κ3) is 4.85. The Balaban J connectivity index is 1.45. The molecule has 5 N–H and O–H groups in total. The van der Waals surface area contributed by atoms with Crippen molar-refractivity contribution in [3.63, 3.8) is 0 Å². The Bertz CT molecular complexity index is 1540. The number of hydrogen-bond acceptors (Lipinski definition) is 9. The summed E-state index contributed by atoms with van der Waals surface area (Å²) in [4.78, 5) is 40.4. The first-order valence-electron chi connectivity index (χ1n) is 10.4. The lowest BCUT2D eigenvalue weighted by atomic mass is 10.1. The zero-order chi connectivity index (χ0) is 25.8. The van der Waals surface area contributed by atoms with E-state index in [1.54, 1.807) is 10.8 Å². The van der Waals surface area contributed by atoms with Gasteiger partial charge in [-0.25, -0.2) is 4.98 Å². The number of rotatable bonds is 7. The van der Waals surface area contributed by atoms with E-state index in [0.29, 0.717) is 11.3 Å². The van der Waals surface area contributed by atoms with E-state index in [1.807, 2.05) is 30.3 Å². The number of halogens is 1. The molecule has 1 aromatic carbocycles. The van der Waals surface area contributed by atoms with Gasteiger partial charge in [-0.15, -0.1) is 0 Å². The quantitative estimate of drug-likeness (QED) is 0.161. The molecule has 1 unspecified atom stereocenters. The van der Waals surface area contributed by atoms with Gasteiger partial charge in [-0.05, 0) is 29.1 Å². The van der Waals surface area contributed by atoms with Gasteiger partial charge < -0.3 is 34.2 Å². The summed E-state index contributed by atoms with van der Waals surface area (Å²) in [7, 11) is -9.52. The highest BCUT2D eigenvalue weighted by molar-refractivity contribution is 7.70. The molecule has 4 aromatic rings. The largest absolute Gasteiger partial charge is 0.387 e. The number of aliphatic hydroxyl groups excluding tert-OH is 2. The van der Waals surface area contributed by atoms with Gasteiger partial charge in [0.15, 0.2) is 29.1 Å². The van der Waals surface area contributed by atoms with E-state index in [2.05, 4.69) is 15.0 Å². The van der Waals surface area contributed by atoms with Crippen LogP contribution < -0.4 is 0 Å². The SMILES string of the molecule is O=P(O)(O)CP(=O)(O)OC[C@H]1O[C@@H](n2cnc3c(-n4ccc5ccccc54)nc(Cl)nc32)[C@@H](O)[C@H]1O. The lowest BCUT2D eigenvalue weighted by Gasteiger charge is -2.18. The van der Waals surface area contributed by atoms with Crippen LogP contribution in [0.5, 0.6) is 0 Å². The lowest BCUT2D eigenvalue weighted by Crippen LogP contribution is -2.33. The van der Waals surface area contributed by atoms with E-state index in [4.69, 9.17) is 30.6 Å². The molecule has 36 heavy (non-hydrogen) atoms. The molecule has 1 aliphatic heterocycles. The Morgan fingerprint density at radius 1 is 1.08 bits per heavy atom. The molecule has 4 heterocycles. The highest BCUT2D eigenvalue weighted by Gasteiger charge is 2.45. The zero-order valence-electron chi connectivity index (χ0n) is 18.1. The second-order valence-electron chi connectivity index (χ2n) is 8.17. The van der Waals surface area contributed by atoms with Gasteiger partial charge in [-0.1, -0.05) is 18.2 Å². The minimum absolute atomic E-state index is 0.108. The predicted octanol–water partition coefficient (Wildman–Crippen LogP) is 1.38. The minimum atomic E-state index is -4.83. The minimum Gasteiger partial charge on any atom is -0.387 e. The average Bonchev–Trinajstić information content (AvgIpc) is 3.47. The topological polar surface area (TPSA) is 202 Å². The molecule has 1 aliphatic rings. The number of hydrogen-bond donors (Lipinski definition) is 5. The van der Waals surface area contributed by atoms with Crippen LogP contribution >= 0.6 is 26.8 Å². The van der Waals surface area contributed by atoms with Crippen LogP contribution in [0.25, 0.3) is 27.9 Å². The van der Waals surface area contributed by atoms with Gasteiger partial charge in [0.05, 0.1) is 18.5 Å². The summed E-state index contributed by atoms with van der Waals surface area (Å²) >= 11 is 6.20. The smallest absolute Gasteiger partial charge is 0.340 e. The second-order valence-corrected chi connectivity index (χ2v) is 12.5. The summed E-state index contributed by atoms with van der Waals surface area (Å²) in [5, 5.41) is 21.9. The van der Waals surface area contributed by atoms with Crippen LogP contribution in [-0.4, -0.2) is 79.8 Å². The molecular weight excluding hydrogens is 540 g/mol. The third-order valence-electron chi connectivity index (χ3n) is 5.62. The molecule has 1 fully saturated rings. The fourth-order valence-corrected chi connectivity index (χ4v) is 6.79. The van der Waals surface area contributed by atoms with Crippen molar-refractivity contribution in [2.45, 2.75) is 24.5 Å². The number of para-hydroxylation sites is 1. The van der Waals surface area contributed by atoms with Crippen molar-refractivity contribution >= 4 is 48.9 Å². The Labute approximate surface area is 207 Å². The molecule has 0 spiro atoms. The Hall–Kier alpha value is -2.22. The molecule has 1 saturated heterocycles. The first-order chi connectivity index (χ1) is 16.9. The van der Waals surface area contributed by atoms with Crippen molar-refractivity contribution < 1.29 is 43.3 Å². The molecular formula is C19H20ClN5O9P2. The highest BCUT2D eigenvalue weighted by Crippen LogP contribution is 2.55. The number of aliphatic hydroxyl groups is 2. The molecule has 5 atom stereocenters. The standard InChI is InChI=1S/C19H20ClN5O9P2/c20-19-22-16(24-6-5-10-3-1-2-4-11(10)24)13-17(23-19)25(8-21-13)18-15(27)14(26)12(34-18)7-33-36(31,32)9-35(28,29)30/h1-6,8,12,14-15,18,26-27H,7,9H2,(H,31,32)(H2,28,29,30)/t12-,14+,15+,18-/m1/s1. The van der Waals surface area contributed by atoms with E-state index >= 15 is 0 Å². The number of ether oxygens (including phenoxy) is 1. The van der Waals surface area contributed by atoms with Crippen molar-refractivity contribution in [2.24, 2.45) is 0 Å². The predicted molar refractivity (Wildman–Crippen MR) is 126 cm³/mol. The maximum absolute atomic E-state index is 11.9. The second kappa shape index (κ2) is 9.26. The molecule has 0 aliphatic carbocycles. The van der Waals surface area contributed by atoms with Crippen molar-refractivity contribution in [1.29, 1.82) is 0 Å². The number of nitrogens with zero attached hydrogens (tertiary/aromatic N) is 5. The summed E-state index contributed by atoms with van der Waals surface area (Å²) < 4.78 is 36.5. The van der Waals surface area contributed by atoms with Gasteiger partial charge in [-0.3, -0.25) is 18.3 Å². The molecule has 0 radical (unpaired) electrons. The van der Waals surface area contributed by atoms with E-state index in [9.17, 15) is 24.2 Å². The van der Waals surface area contributed by atoms with Gasteiger partial charge in [0, 0.05) is 6.20 Å². The summed E-state index contributed by atoms with van der Waals surface area (Å²) in [6.07, 6.45) is -2.51. The van der Waals surface area contributed by atoms with Gasteiger partial charge in [0.2, 0.25) is 5.28 Å². The lowest BCUT2D eigenvalue weighted by molar-refractivity contribution is -0.0483. The normalized spacial score (nSPS) is 24.5. The Morgan fingerprint density at radius 3 is 2.58 bits per heavy atom. The summed E-state index contributed by atoms with van der Waals surface area (Å²) in [5.74, 6) is -1.02. The molecule has 192 valence electrons. The summed E-state index contributed by atoms with van der Waals surface area (Å²) in [6, 6.07) is 9.49. The van der Waals surface area contributed by atoms with Crippen molar-refractivity contribution in [3.8, 4) is 5.82 Å². The van der Waals surface area contributed by atoms with Gasteiger partial charge in [-0.2, -0.15) is 9.97 Å². The number of imidazole rings is 1. The first kappa shape index (κ1) is 25.4. The molecule has 0 amide bonds. The number of benzene rings is 1. The number of aromatic nitrogens is 5. The van der Waals surface area contributed by atoms with Crippen molar-refractivity contribution in [1.82, 2.24) is 24.1 Å². The fraction of sp³-hybridized carbons (Fsp3) is 0.316. The fourth-order valence-electron chi connectivity index (χ4n) is 4.06. The average molecular weight is 560 g/mol. The number of fused-ring (bicyclic) bond motifs is 2. The van der Waals surface area contributed by atoms with E-state index in [1.165, 1.54) is 10.9 Å². The maximum Gasteiger partial charge on any atom is 0.340 e. The van der Waals surface area contributed by atoms with Crippen molar-refractivity contribution in [3.05, 3.63) is 48.1 Å². The first-order valence-corrected chi connectivity index (χ1v) is 14.4. The molecule has 14 nitrogen and oxygen atoms in total. The van der Waals surface area contributed by atoms with E-state index < -0.39 is 52.2 Å². The maximum atomic E-state index is 11.9. The highest BCUT2D eigenvalue weighted by atomic mass is 35.5. The molecule has 5 rings (SSSR count). The van der Waals surface area contributed by atoms with Crippen LogP contribution in [0.3, 0.4) is 0 Å². The molecule has 0 bridgehead atoms. The zero-order valence-corrected chi connectivity index (χ0v) is 20.7. The summed E-state index contributed by atoms with van der Waals surface area (Å²) in [6.45, 7) is -0.717. The Morgan fingerprint density at radius 2 is 1.83 bits per heavy atom. The van der Waals surface area contributed by atoms with Gasteiger partial charge in [0.25, 0.3) is 0 Å². The molecule has 3 aromatic heterocycles. The molecule has 17 heteroatoms. The summed E-state index contributed by atoms with van der Waals surface area (Å²) in [5.41, 5.74) is 1.36. The van der Waals surface area contributed by atoms with Crippen LogP contribution in [0.15, 0.2) is 42.9 Å². The van der Waals surface area contributed by atoms with E-state index in [-0.39, 0.29) is 10.9 Å². The Kier molecular flexibility index (Phi) is 6.54. The van der Waals surface area contributed by atoms with E-state index in [0.717, 1.165) is 10.9 Å².